The number of ether oxygens (including phenoxy) is 2. The van der Waals surface area contributed by atoms with Crippen LogP contribution in [0.4, 0.5) is 0 Å². The monoisotopic (exact) mass is 1050 g/mol. The molecule has 0 spiro atoms. The van der Waals surface area contributed by atoms with Crippen molar-refractivity contribution in [3.63, 3.8) is 0 Å². The molecule has 1 atom stereocenters. The molecule has 0 aliphatic heterocycles. The van der Waals surface area contributed by atoms with Gasteiger partial charge in [-0.2, -0.15) is 0 Å². The van der Waals surface area contributed by atoms with Gasteiger partial charge in [0.2, 0.25) is 0 Å². The van der Waals surface area contributed by atoms with Crippen molar-refractivity contribution in [3.05, 3.63) is 122 Å². The Bertz CT molecular complexity index is 1520. The lowest BCUT2D eigenvalue weighted by molar-refractivity contribution is -0.161. The van der Waals surface area contributed by atoms with Crippen LogP contribution in [-0.2, 0) is 19.1 Å². The molecule has 0 radical (unpaired) electrons. The fourth-order valence-corrected chi connectivity index (χ4v) is 8.96. The first kappa shape index (κ1) is 72.3. The van der Waals surface area contributed by atoms with Gasteiger partial charge in [0, 0.05) is 12.8 Å². The summed E-state index contributed by atoms with van der Waals surface area (Å²) in [4.78, 5) is 24.6. The minimum absolute atomic E-state index is 0.0751. The Morgan fingerprint density at radius 2 is 0.566 bits per heavy atom. The standard InChI is InChI=1S/C71H120O5/c1-3-5-7-9-11-13-15-17-19-21-23-25-26-27-28-29-30-31-32-33-34-35-36-37-38-39-40-41-42-43-44-46-48-50-52-54-56-58-60-62-64-66-71(74)76-69(67-72)68-75-70(73)65-63-61-59-57-55-53-51-49-47-45-24-22-20-18-16-14-12-10-8-6-4-2/h5,7,11,13,16-19,22-25,27-28,30-31,33-34,47,49,69,72H,3-4,6,8-10,12,14-15,20-21,26,29,32,35-46,48,50-68H2,1-2H3/b7-5-,13-11-,18-16-,19-17-,24-22-,25-23-,28-27-,31-30-,34-33-,49-47-. The molecular weight excluding hydrogens is 933 g/mol. The maximum absolute atomic E-state index is 12.3. The molecule has 0 aromatic heterocycles. The van der Waals surface area contributed by atoms with E-state index >= 15 is 0 Å². The van der Waals surface area contributed by atoms with Gasteiger partial charge < -0.3 is 14.6 Å². The van der Waals surface area contributed by atoms with Gasteiger partial charge in [-0.05, 0) is 109 Å². The highest BCUT2D eigenvalue weighted by Crippen LogP contribution is 2.16. The Hall–Kier alpha value is -3.70. The highest BCUT2D eigenvalue weighted by atomic mass is 16.6. The lowest BCUT2D eigenvalue weighted by atomic mass is 10.0. The predicted octanol–water partition coefficient (Wildman–Crippen LogP) is 22.2. The van der Waals surface area contributed by atoms with E-state index in [2.05, 4.69) is 135 Å². The average molecular weight is 1050 g/mol. The Morgan fingerprint density at radius 1 is 0.316 bits per heavy atom. The SMILES string of the molecule is CC/C=C\C/C=C\C/C=C\C/C=C\C/C=C\C/C=C\C/C=C\CCCCCCCCCCCCCCCCCCCCCC(=O)OC(CO)COC(=O)CCCCCCCC/C=C\C/C=C\C/C=C\CCCCCCC. The maximum atomic E-state index is 12.3. The molecule has 0 bridgehead atoms. The van der Waals surface area contributed by atoms with Crippen LogP contribution in [0, 0.1) is 0 Å². The van der Waals surface area contributed by atoms with Crippen LogP contribution in [0.2, 0.25) is 0 Å². The molecule has 5 nitrogen and oxygen atoms in total. The van der Waals surface area contributed by atoms with Crippen LogP contribution >= 0.6 is 0 Å². The van der Waals surface area contributed by atoms with Crippen molar-refractivity contribution in [2.45, 2.75) is 302 Å². The summed E-state index contributed by atoms with van der Waals surface area (Å²) in [6.07, 6.45) is 96.3. The van der Waals surface area contributed by atoms with Crippen molar-refractivity contribution >= 4 is 11.9 Å². The number of esters is 2. The number of rotatable bonds is 58. The van der Waals surface area contributed by atoms with E-state index in [0.717, 1.165) is 103 Å². The molecular formula is C71H120O5. The zero-order valence-corrected chi connectivity index (χ0v) is 49.7. The van der Waals surface area contributed by atoms with Gasteiger partial charge in [0.25, 0.3) is 0 Å². The number of unbranched alkanes of at least 4 members (excludes halogenated alkanes) is 30. The van der Waals surface area contributed by atoms with Gasteiger partial charge >= 0.3 is 11.9 Å². The minimum atomic E-state index is -0.783. The molecule has 0 saturated heterocycles. The molecule has 0 amide bonds. The zero-order chi connectivity index (χ0) is 54.8. The predicted molar refractivity (Wildman–Crippen MR) is 334 cm³/mol. The molecule has 0 aliphatic carbocycles. The number of aliphatic hydroxyl groups is 1. The molecule has 0 aromatic carbocycles. The number of aliphatic hydroxyl groups excluding tert-OH is 1. The highest BCUT2D eigenvalue weighted by molar-refractivity contribution is 5.70. The molecule has 1 N–H and O–H groups in total. The van der Waals surface area contributed by atoms with Gasteiger partial charge in [0.05, 0.1) is 6.61 Å². The Balaban J connectivity index is 3.49. The van der Waals surface area contributed by atoms with E-state index in [1.807, 2.05) is 0 Å². The third kappa shape index (κ3) is 62.8. The quantitative estimate of drug-likeness (QED) is 0.0373. The van der Waals surface area contributed by atoms with E-state index in [4.69, 9.17) is 9.47 Å². The third-order valence-corrected chi connectivity index (χ3v) is 13.7. The summed E-state index contributed by atoms with van der Waals surface area (Å²) >= 11 is 0. The van der Waals surface area contributed by atoms with Gasteiger partial charge in [-0.3, -0.25) is 9.59 Å². The van der Waals surface area contributed by atoms with E-state index in [-0.39, 0.29) is 25.2 Å². The summed E-state index contributed by atoms with van der Waals surface area (Å²) in [6.45, 7) is 4.02. The van der Waals surface area contributed by atoms with Crippen LogP contribution < -0.4 is 0 Å². The average Bonchev–Trinajstić information content (AvgIpc) is 3.42. The summed E-state index contributed by atoms with van der Waals surface area (Å²) in [5.41, 5.74) is 0. The number of carbonyl (C=O) groups excluding carboxylic acids is 2. The van der Waals surface area contributed by atoms with Crippen molar-refractivity contribution in [2.24, 2.45) is 0 Å². The molecule has 5 heteroatoms. The molecule has 434 valence electrons. The molecule has 0 fully saturated rings. The van der Waals surface area contributed by atoms with Gasteiger partial charge in [0.15, 0.2) is 6.10 Å². The number of carbonyl (C=O) groups is 2. The molecule has 0 aromatic rings. The maximum Gasteiger partial charge on any atom is 0.306 e. The normalized spacial score (nSPS) is 13.0. The van der Waals surface area contributed by atoms with E-state index in [0.29, 0.717) is 12.8 Å². The summed E-state index contributed by atoms with van der Waals surface area (Å²) in [7, 11) is 0. The summed E-state index contributed by atoms with van der Waals surface area (Å²) in [5, 5.41) is 9.67. The fraction of sp³-hybridized carbons (Fsp3) is 0.690. The topological polar surface area (TPSA) is 72.8 Å². The smallest absolute Gasteiger partial charge is 0.306 e. The van der Waals surface area contributed by atoms with Gasteiger partial charge in [0.1, 0.15) is 6.61 Å². The first-order valence-corrected chi connectivity index (χ1v) is 32.1. The summed E-state index contributed by atoms with van der Waals surface area (Å²) in [6, 6.07) is 0. The van der Waals surface area contributed by atoms with Crippen molar-refractivity contribution in [1.82, 2.24) is 0 Å². The van der Waals surface area contributed by atoms with Gasteiger partial charge in [-0.25, -0.2) is 0 Å². The third-order valence-electron chi connectivity index (χ3n) is 13.7. The number of allylic oxidation sites excluding steroid dienone is 20. The van der Waals surface area contributed by atoms with Crippen molar-refractivity contribution < 1.29 is 24.2 Å². The fourth-order valence-electron chi connectivity index (χ4n) is 8.96. The second kappa shape index (κ2) is 65.6. The molecule has 0 rings (SSSR count). The van der Waals surface area contributed by atoms with E-state index in [1.165, 1.54) is 167 Å². The van der Waals surface area contributed by atoms with Crippen molar-refractivity contribution in [2.75, 3.05) is 13.2 Å². The Morgan fingerprint density at radius 3 is 0.855 bits per heavy atom. The van der Waals surface area contributed by atoms with Crippen LogP contribution in [0.15, 0.2) is 122 Å². The van der Waals surface area contributed by atoms with E-state index in [9.17, 15) is 14.7 Å². The molecule has 1 unspecified atom stereocenters. The van der Waals surface area contributed by atoms with Crippen LogP contribution in [0.1, 0.15) is 296 Å². The van der Waals surface area contributed by atoms with Crippen LogP contribution in [0.25, 0.3) is 0 Å². The van der Waals surface area contributed by atoms with Crippen molar-refractivity contribution in [1.29, 1.82) is 0 Å². The second-order valence-corrected chi connectivity index (χ2v) is 21.1. The van der Waals surface area contributed by atoms with Crippen molar-refractivity contribution in [3.8, 4) is 0 Å². The zero-order valence-electron chi connectivity index (χ0n) is 49.7. The first-order valence-electron chi connectivity index (χ1n) is 32.1. The Labute approximate surface area is 471 Å². The molecule has 0 aliphatic rings. The van der Waals surface area contributed by atoms with Crippen LogP contribution in [0.5, 0.6) is 0 Å². The second-order valence-electron chi connectivity index (χ2n) is 21.1. The lowest BCUT2D eigenvalue weighted by Crippen LogP contribution is -2.28. The summed E-state index contributed by atoms with van der Waals surface area (Å²) in [5.74, 6) is -0.600. The first-order chi connectivity index (χ1) is 37.6. The Kier molecular flexibility index (Phi) is 62.4. The highest BCUT2D eigenvalue weighted by Gasteiger charge is 2.16. The minimum Gasteiger partial charge on any atom is -0.462 e. The van der Waals surface area contributed by atoms with Gasteiger partial charge in [-0.1, -0.05) is 296 Å². The molecule has 0 heterocycles. The number of hydrogen-bond acceptors (Lipinski definition) is 5. The van der Waals surface area contributed by atoms with E-state index < -0.39 is 6.10 Å². The van der Waals surface area contributed by atoms with Gasteiger partial charge in [-0.15, -0.1) is 0 Å². The van der Waals surface area contributed by atoms with Crippen LogP contribution in [-0.4, -0.2) is 36.4 Å². The summed E-state index contributed by atoms with van der Waals surface area (Å²) < 4.78 is 10.7. The van der Waals surface area contributed by atoms with Crippen LogP contribution in [0.3, 0.4) is 0 Å². The lowest BCUT2D eigenvalue weighted by Gasteiger charge is -2.15. The molecule has 76 heavy (non-hydrogen) atoms. The largest absolute Gasteiger partial charge is 0.462 e. The molecule has 0 saturated carbocycles. The number of hydrogen-bond donors (Lipinski definition) is 1. The van der Waals surface area contributed by atoms with E-state index in [1.54, 1.807) is 0 Å².